The first-order valence-corrected chi connectivity index (χ1v) is 15.6. The number of esters is 1. The highest BCUT2D eigenvalue weighted by Crippen LogP contribution is 2.15. The Morgan fingerprint density at radius 3 is 1.51 bits per heavy atom. The van der Waals surface area contributed by atoms with Gasteiger partial charge < -0.3 is 9.47 Å². The molecule has 0 fully saturated rings. The zero-order chi connectivity index (χ0) is 26.8. The maximum absolute atomic E-state index is 12.3. The van der Waals surface area contributed by atoms with Crippen LogP contribution >= 0.6 is 0 Å². The van der Waals surface area contributed by atoms with Crippen LogP contribution in [0.25, 0.3) is 0 Å². The summed E-state index contributed by atoms with van der Waals surface area (Å²) in [6.07, 6.45) is 26.9. The van der Waals surface area contributed by atoms with E-state index in [9.17, 15) is 9.59 Å². The molecule has 0 spiro atoms. The van der Waals surface area contributed by atoms with Crippen LogP contribution in [0.5, 0.6) is 11.5 Å². The molecule has 0 aliphatic rings. The van der Waals surface area contributed by atoms with E-state index in [1.165, 1.54) is 115 Å². The molecule has 0 bridgehead atoms. The smallest absolute Gasteiger partial charge is 0.311 e. The maximum Gasteiger partial charge on any atom is 0.311 e. The molecule has 0 aromatic heterocycles. The van der Waals surface area contributed by atoms with Gasteiger partial charge in [-0.25, -0.2) is 0 Å². The van der Waals surface area contributed by atoms with E-state index >= 15 is 0 Å². The molecular weight excluding hydrogens is 460 g/mol. The number of unbranched alkanes of at least 4 members (excludes halogenated alkanes) is 19. The topological polar surface area (TPSA) is 52.6 Å². The van der Waals surface area contributed by atoms with E-state index in [1.807, 2.05) is 0 Å². The van der Waals surface area contributed by atoms with Gasteiger partial charge in [-0.1, -0.05) is 136 Å². The third-order valence-corrected chi connectivity index (χ3v) is 7.01. The first kappa shape index (κ1) is 33.2. The molecule has 0 aliphatic heterocycles. The molecule has 0 N–H and O–H groups in total. The molecule has 4 nitrogen and oxygen atoms in total. The van der Waals surface area contributed by atoms with Crippen molar-refractivity contribution in [3.63, 3.8) is 0 Å². The fourth-order valence-electron chi connectivity index (χ4n) is 4.61. The summed E-state index contributed by atoms with van der Waals surface area (Å²) in [4.78, 5) is 24.5. The van der Waals surface area contributed by atoms with Crippen molar-refractivity contribution in [2.75, 3.05) is 6.61 Å². The molecule has 212 valence electrons. The van der Waals surface area contributed by atoms with Crippen LogP contribution in [0, 0.1) is 0 Å². The van der Waals surface area contributed by atoms with Gasteiger partial charge >= 0.3 is 5.97 Å². The minimum atomic E-state index is -0.236. The van der Waals surface area contributed by atoms with Gasteiger partial charge in [0.15, 0.2) is 5.75 Å². The van der Waals surface area contributed by atoms with Gasteiger partial charge in [0.1, 0.15) is 5.75 Å². The summed E-state index contributed by atoms with van der Waals surface area (Å²) in [6.45, 7) is 5.05. The molecule has 0 aliphatic carbocycles. The Morgan fingerprint density at radius 1 is 0.568 bits per heavy atom. The van der Waals surface area contributed by atoms with Crippen LogP contribution in [0.15, 0.2) is 29.1 Å². The molecule has 0 unspecified atom stereocenters. The fourth-order valence-corrected chi connectivity index (χ4v) is 4.61. The van der Waals surface area contributed by atoms with E-state index in [4.69, 9.17) is 9.47 Å². The summed E-state index contributed by atoms with van der Waals surface area (Å²) < 4.78 is 11.2. The highest BCUT2D eigenvalue weighted by Gasteiger charge is 2.06. The first-order valence-electron chi connectivity index (χ1n) is 15.6. The van der Waals surface area contributed by atoms with Crippen molar-refractivity contribution in [3.05, 3.63) is 34.5 Å². The number of hydrogen-bond donors (Lipinski definition) is 0. The van der Waals surface area contributed by atoms with E-state index < -0.39 is 0 Å². The Balaban J connectivity index is 2.12. The van der Waals surface area contributed by atoms with E-state index in [0.717, 1.165) is 25.7 Å². The summed E-state index contributed by atoms with van der Waals surface area (Å²) in [6, 6.07) is 6.28. The standard InChI is InChI=1S/C33H56O4/c1-3-5-7-9-11-13-14-15-17-19-21-23-29-36-32-28-26-30(25-27-31(32)34)37-33(35)24-22-20-18-16-12-10-8-6-4-2/h25-28H,3-24,29H2,1-2H3. The van der Waals surface area contributed by atoms with Crippen molar-refractivity contribution in [3.8, 4) is 11.5 Å². The van der Waals surface area contributed by atoms with E-state index in [-0.39, 0.29) is 11.4 Å². The van der Waals surface area contributed by atoms with Gasteiger partial charge in [0.25, 0.3) is 0 Å². The highest BCUT2D eigenvalue weighted by atomic mass is 16.5. The van der Waals surface area contributed by atoms with Gasteiger partial charge in [0.2, 0.25) is 5.43 Å². The van der Waals surface area contributed by atoms with Crippen LogP contribution in [-0.4, -0.2) is 12.6 Å². The van der Waals surface area contributed by atoms with Crippen molar-refractivity contribution in [2.45, 2.75) is 155 Å². The molecule has 0 atom stereocenters. The highest BCUT2D eigenvalue weighted by molar-refractivity contribution is 5.72. The van der Waals surface area contributed by atoms with Gasteiger partial charge in [-0.2, -0.15) is 0 Å². The molecule has 37 heavy (non-hydrogen) atoms. The molecule has 0 heterocycles. The molecule has 0 saturated heterocycles. The van der Waals surface area contributed by atoms with Gasteiger partial charge in [0, 0.05) is 6.42 Å². The Labute approximate surface area is 227 Å². The molecule has 1 aromatic rings. The van der Waals surface area contributed by atoms with E-state index in [1.54, 1.807) is 18.2 Å². The van der Waals surface area contributed by atoms with Crippen LogP contribution in [0.4, 0.5) is 0 Å². The normalized spacial score (nSPS) is 11.0. The van der Waals surface area contributed by atoms with Crippen molar-refractivity contribution in [1.82, 2.24) is 0 Å². The average molecular weight is 517 g/mol. The summed E-state index contributed by atoms with van der Waals surface area (Å²) in [5.41, 5.74) is -0.180. The third kappa shape index (κ3) is 19.9. The quantitative estimate of drug-likeness (QED) is 0.0958. The lowest BCUT2D eigenvalue weighted by Gasteiger charge is -2.05. The molecular formula is C33H56O4. The van der Waals surface area contributed by atoms with Crippen LogP contribution in [0.2, 0.25) is 0 Å². The first-order chi connectivity index (χ1) is 18.2. The lowest BCUT2D eigenvalue weighted by Crippen LogP contribution is -2.07. The minimum absolute atomic E-state index is 0.180. The van der Waals surface area contributed by atoms with Crippen LogP contribution < -0.4 is 14.9 Å². The third-order valence-electron chi connectivity index (χ3n) is 7.01. The van der Waals surface area contributed by atoms with Gasteiger partial charge in [-0.05, 0) is 37.1 Å². The Kier molecular flexibility index (Phi) is 22.0. The number of ether oxygens (including phenoxy) is 2. The van der Waals surface area contributed by atoms with Crippen LogP contribution in [0.3, 0.4) is 0 Å². The second-order valence-corrected chi connectivity index (χ2v) is 10.6. The molecule has 0 saturated carbocycles. The number of hydrogen-bond acceptors (Lipinski definition) is 4. The summed E-state index contributed by atoms with van der Waals surface area (Å²) in [5.74, 6) is 0.489. The summed E-state index contributed by atoms with van der Waals surface area (Å²) in [5, 5.41) is 0. The number of carbonyl (C=O) groups is 1. The number of rotatable bonds is 25. The lowest BCUT2D eigenvalue weighted by atomic mass is 10.1. The molecule has 0 radical (unpaired) electrons. The van der Waals surface area contributed by atoms with Crippen molar-refractivity contribution >= 4 is 5.97 Å². The monoisotopic (exact) mass is 516 g/mol. The summed E-state index contributed by atoms with van der Waals surface area (Å²) in [7, 11) is 0. The zero-order valence-electron chi connectivity index (χ0n) is 24.2. The van der Waals surface area contributed by atoms with Gasteiger partial charge in [-0.3, -0.25) is 9.59 Å². The largest absolute Gasteiger partial charge is 0.489 e. The number of carbonyl (C=O) groups excluding carboxylic acids is 1. The second kappa shape index (κ2) is 24.5. The van der Waals surface area contributed by atoms with Gasteiger partial charge in [0.05, 0.1) is 6.61 Å². The minimum Gasteiger partial charge on any atom is -0.489 e. The fraction of sp³-hybridized carbons (Fsp3) is 0.758. The second-order valence-electron chi connectivity index (χ2n) is 10.6. The van der Waals surface area contributed by atoms with Crippen LogP contribution in [-0.2, 0) is 4.79 Å². The predicted octanol–water partition coefficient (Wildman–Crippen LogP) is 9.95. The van der Waals surface area contributed by atoms with Crippen molar-refractivity contribution in [2.24, 2.45) is 0 Å². The molecule has 1 rings (SSSR count). The maximum atomic E-state index is 12.3. The van der Waals surface area contributed by atoms with E-state index in [2.05, 4.69) is 13.8 Å². The average Bonchev–Trinajstić information content (AvgIpc) is 3.06. The van der Waals surface area contributed by atoms with Gasteiger partial charge in [-0.15, -0.1) is 0 Å². The Hall–Kier alpha value is -1.84. The van der Waals surface area contributed by atoms with E-state index in [0.29, 0.717) is 24.5 Å². The summed E-state index contributed by atoms with van der Waals surface area (Å²) >= 11 is 0. The SMILES string of the molecule is CCCCCCCCCCCCCCOc1ccc(OC(=O)CCCCCCCCCCC)ccc1=O. The zero-order valence-corrected chi connectivity index (χ0v) is 24.2. The molecule has 1 aromatic carbocycles. The van der Waals surface area contributed by atoms with Crippen molar-refractivity contribution < 1.29 is 14.3 Å². The Morgan fingerprint density at radius 2 is 1.00 bits per heavy atom. The van der Waals surface area contributed by atoms with Crippen molar-refractivity contribution in [1.29, 1.82) is 0 Å². The Bertz CT molecular complexity index is 730. The van der Waals surface area contributed by atoms with Crippen LogP contribution in [0.1, 0.15) is 155 Å². The molecule has 0 amide bonds. The predicted molar refractivity (Wildman–Crippen MR) is 157 cm³/mol. The lowest BCUT2D eigenvalue weighted by molar-refractivity contribution is -0.134. The molecule has 4 heteroatoms.